The van der Waals surface area contributed by atoms with E-state index in [1.807, 2.05) is 25.1 Å². The van der Waals surface area contributed by atoms with E-state index >= 15 is 0 Å². The first-order valence-electron chi connectivity index (χ1n) is 9.04. The number of nitrogens with one attached hydrogen (secondary N) is 1. The van der Waals surface area contributed by atoms with Crippen molar-refractivity contribution in [3.8, 4) is 0 Å². The number of hydrogen-bond donors (Lipinski definition) is 1. The molecule has 0 aromatic heterocycles. The second-order valence-electron chi connectivity index (χ2n) is 6.04. The normalized spacial score (nSPS) is 18.1. The van der Waals surface area contributed by atoms with Crippen LogP contribution in [0.25, 0.3) is 0 Å². The second-order valence-corrected chi connectivity index (χ2v) is 6.04. The lowest BCUT2D eigenvalue weighted by molar-refractivity contribution is -0.153. The third-order valence-corrected chi connectivity index (χ3v) is 4.34. The zero-order valence-electron chi connectivity index (χ0n) is 14.9. The van der Waals surface area contributed by atoms with Gasteiger partial charge in [-0.05, 0) is 25.5 Å². The molecule has 0 amide bonds. The minimum Gasteiger partial charge on any atom is -0.465 e. The summed E-state index contributed by atoms with van der Waals surface area (Å²) in [4.78, 5) is 14.9. The van der Waals surface area contributed by atoms with Crippen LogP contribution in [0.1, 0.15) is 38.3 Å². The van der Waals surface area contributed by atoms with Gasteiger partial charge in [-0.3, -0.25) is 9.69 Å². The van der Waals surface area contributed by atoms with E-state index < -0.39 is 0 Å². The molecule has 2 atom stereocenters. The minimum absolute atomic E-state index is 0.0742. The summed E-state index contributed by atoms with van der Waals surface area (Å²) in [5.74, 6) is -0.155. The van der Waals surface area contributed by atoms with Gasteiger partial charge in [0.2, 0.25) is 0 Å². The van der Waals surface area contributed by atoms with E-state index in [9.17, 15) is 4.79 Å². The molecule has 1 aliphatic rings. The molecule has 1 aromatic carbocycles. The summed E-state index contributed by atoms with van der Waals surface area (Å²) in [5, 5.41) is 3.59. The van der Waals surface area contributed by atoms with E-state index in [0.717, 1.165) is 38.0 Å². The first-order valence-corrected chi connectivity index (χ1v) is 9.04. The second kappa shape index (κ2) is 10.4. The van der Waals surface area contributed by atoms with Crippen LogP contribution in [0.2, 0.25) is 0 Å². The van der Waals surface area contributed by atoms with Crippen LogP contribution in [0.3, 0.4) is 0 Å². The number of esters is 1. The molecule has 1 saturated heterocycles. The predicted octanol–water partition coefficient (Wildman–Crippen LogP) is 2.38. The van der Waals surface area contributed by atoms with Crippen molar-refractivity contribution in [1.29, 1.82) is 0 Å². The summed E-state index contributed by atoms with van der Waals surface area (Å²) in [6.07, 6.45) is 2.21. The van der Waals surface area contributed by atoms with Gasteiger partial charge in [0.05, 0.1) is 25.9 Å². The molecule has 0 bridgehead atoms. The van der Waals surface area contributed by atoms with E-state index in [-0.39, 0.29) is 18.1 Å². The highest BCUT2D eigenvalue weighted by Gasteiger charge is 2.36. The first kappa shape index (κ1) is 18.9. The third-order valence-electron chi connectivity index (χ3n) is 4.34. The smallest absolute Gasteiger partial charge is 0.325 e. The molecule has 24 heavy (non-hydrogen) atoms. The Hall–Kier alpha value is -1.43. The largest absolute Gasteiger partial charge is 0.465 e. The van der Waals surface area contributed by atoms with Gasteiger partial charge in [0, 0.05) is 13.1 Å². The average Bonchev–Trinajstić information content (AvgIpc) is 2.63. The van der Waals surface area contributed by atoms with Crippen LogP contribution in [-0.2, 0) is 14.3 Å². The number of benzene rings is 1. The third kappa shape index (κ3) is 5.30. The minimum atomic E-state index is -0.326. The molecule has 2 rings (SSSR count). The summed E-state index contributed by atoms with van der Waals surface area (Å²) in [6.45, 7) is 8.13. The lowest BCUT2D eigenvalue weighted by Crippen LogP contribution is -2.54. The molecule has 5 nitrogen and oxygen atoms in total. The lowest BCUT2D eigenvalue weighted by Gasteiger charge is -2.38. The fraction of sp³-hybridized carbons (Fsp3) is 0.632. The standard InChI is InChI=1S/C19H30N2O3/c1-3-5-11-20-17(16-9-7-6-8-10-16)18(19(22)24-4-2)21-12-14-23-15-13-21/h6-10,17-18,20H,3-5,11-15H2,1-2H3/t17-,18+/m0/s1. The van der Waals surface area contributed by atoms with Gasteiger partial charge in [0.15, 0.2) is 0 Å². The quantitative estimate of drug-likeness (QED) is 0.555. The molecule has 0 spiro atoms. The molecule has 0 radical (unpaired) electrons. The van der Waals surface area contributed by atoms with E-state index in [1.165, 1.54) is 0 Å². The summed E-state index contributed by atoms with van der Waals surface area (Å²) >= 11 is 0. The monoisotopic (exact) mass is 334 g/mol. The number of nitrogens with zero attached hydrogens (tertiary/aromatic N) is 1. The number of carbonyl (C=O) groups excluding carboxylic acids is 1. The van der Waals surface area contributed by atoms with Gasteiger partial charge in [0.25, 0.3) is 0 Å². The van der Waals surface area contributed by atoms with E-state index in [2.05, 4.69) is 29.3 Å². The predicted molar refractivity (Wildman–Crippen MR) is 94.9 cm³/mol. The Labute approximate surface area is 145 Å². The fourth-order valence-corrected chi connectivity index (χ4v) is 3.09. The van der Waals surface area contributed by atoms with Crippen LogP contribution in [0.4, 0.5) is 0 Å². The molecule has 1 aliphatic heterocycles. The zero-order valence-corrected chi connectivity index (χ0v) is 14.9. The fourth-order valence-electron chi connectivity index (χ4n) is 3.09. The average molecular weight is 334 g/mol. The van der Waals surface area contributed by atoms with Crippen molar-refractivity contribution >= 4 is 5.97 Å². The highest BCUT2D eigenvalue weighted by Crippen LogP contribution is 2.23. The Balaban J connectivity index is 2.25. The summed E-state index contributed by atoms with van der Waals surface area (Å²) in [7, 11) is 0. The number of ether oxygens (including phenoxy) is 2. The van der Waals surface area contributed by atoms with Gasteiger partial charge in [-0.1, -0.05) is 43.7 Å². The summed E-state index contributed by atoms with van der Waals surface area (Å²) in [5.41, 5.74) is 1.12. The molecule has 1 heterocycles. The van der Waals surface area contributed by atoms with Crippen molar-refractivity contribution in [3.63, 3.8) is 0 Å². The maximum absolute atomic E-state index is 12.7. The highest BCUT2D eigenvalue weighted by molar-refractivity contribution is 5.77. The van der Waals surface area contributed by atoms with Gasteiger partial charge < -0.3 is 14.8 Å². The Kier molecular flexibility index (Phi) is 8.22. The number of carbonyl (C=O) groups is 1. The van der Waals surface area contributed by atoms with Crippen molar-refractivity contribution in [1.82, 2.24) is 10.2 Å². The maximum Gasteiger partial charge on any atom is 0.325 e. The van der Waals surface area contributed by atoms with Crippen LogP contribution in [0, 0.1) is 0 Å². The Bertz CT molecular complexity index is 475. The van der Waals surface area contributed by atoms with E-state index in [4.69, 9.17) is 9.47 Å². The van der Waals surface area contributed by atoms with Crippen molar-refractivity contribution < 1.29 is 14.3 Å². The molecular weight excluding hydrogens is 304 g/mol. The molecule has 0 saturated carbocycles. The number of rotatable bonds is 9. The maximum atomic E-state index is 12.7. The number of unbranched alkanes of at least 4 members (excludes halogenated alkanes) is 1. The van der Waals surface area contributed by atoms with Crippen LogP contribution in [0.15, 0.2) is 30.3 Å². The Morgan fingerprint density at radius 2 is 1.96 bits per heavy atom. The number of morpholine rings is 1. The van der Waals surface area contributed by atoms with Crippen LogP contribution in [-0.4, -0.2) is 56.4 Å². The van der Waals surface area contributed by atoms with E-state index in [1.54, 1.807) is 0 Å². The van der Waals surface area contributed by atoms with E-state index in [0.29, 0.717) is 19.8 Å². The number of hydrogen-bond acceptors (Lipinski definition) is 5. The first-order chi connectivity index (χ1) is 11.8. The molecule has 0 aliphatic carbocycles. The SMILES string of the molecule is CCCCN[C@@H](c1ccccc1)[C@H](C(=O)OCC)N1CCOCC1. The van der Waals surface area contributed by atoms with Crippen molar-refractivity contribution in [2.24, 2.45) is 0 Å². The molecule has 1 N–H and O–H groups in total. The van der Waals surface area contributed by atoms with Gasteiger partial charge in [0.1, 0.15) is 6.04 Å². The van der Waals surface area contributed by atoms with Crippen molar-refractivity contribution in [2.45, 2.75) is 38.8 Å². The summed E-state index contributed by atoms with van der Waals surface area (Å²) in [6, 6.07) is 9.80. The van der Waals surface area contributed by atoms with Crippen molar-refractivity contribution in [2.75, 3.05) is 39.5 Å². The van der Waals surface area contributed by atoms with Gasteiger partial charge in [-0.2, -0.15) is 0 Å². The Morgan fingerprint density at radius 3 is 2.58 bits per heavy atom. The molecule has 5 heteroatoms. The highest BCUT2D eigenvalue weighted by atomic mass is 16.5. The van der Waals surface area contributed by atoms with Crippen molar-refractivity contribution in [3.05, 3.63) is 35.9 Å². The molecule has 1 aromatic rings. The van der Waals surface area contributed by atoms with Gasteiger partial charge in [-0.25, -0.2) is 0 Å². The molecular formula is C19H30N2O3. The molecule has 1 fully saturated rings. The molecule has 134 valence electrons. The van der Waals surface area contributed by atoms with Crippen LogP contribution in [0.5, 0.6) is 0 Å². The van der Waals surface area contributed by atoms with Crippen LogP contribution < -0.4 is 5.32 Å². The topological polar surface area (TPSA) is 50.8 Å². The zero-order chi connectivity index (χ0) is 17.2. The van der Waals surface area contributed by atoms with Gasteiger partial charge >= 0.3 is 5.97 Å². The van der Waals surface area contributed by atoms with Crippen LogP contribution >= 0.6 is 0 Å². The molecule has 0 unspecified atom stereocenters. The lowest BCUT2D eigenvalue weighted by atomic mass is 9.97. The van der Waals surface area contributed by atoms with Gasteiger partial charge in [-0.15, -0.1) is 0 Å². The summed E-state index contributed by atoms with van der Waals surface area (Å²) < 4.78 is 10.9. The Morgan fingerprint density at radius 1 is 1.25 bits per heavy atom.